The molecule has 2 amide bonds. The molecule has 100 valence electrons. The van der Waals surface area contributed by atoms with E-state index in [1.165, 1.54) is 4.90 Å². The highest BCUT2D eigenvalue weighted by Crippen LogP contribution is 2.35. The number of fused-ring (bicyclic) bond motifs is 1. The number of halogens is 2. The van der Waals surface area contributed by atoms with Gasteiger partial charge in [0.05, 0.1) is 17.7 Å². The molecule has 0 bridgehead atoms. The van der Waals surface area contributed by atoms with E-state index in [1.54, 1.807) is 12.1 Å². The van der Waals surface area contributed by atoms with Gasteiger partial charge in [-0.1, -0.05) is 30.3 Å². The average Bonchev–Trinajstić information content (AvgIpc) is 2.70. The number of nitrogens with zero attached hydrogens (tertiary/aromatic N) is 1. The SMILES string of the molecule is O=C1c2c(Br)ccc(Br)c2C(=O)N1Cc1ccccc1. The van der Waals surface area contributed by atoms with Crippen LogP contribution in [0.1, 0.15) is 26.3 Å². The molecule has 0 atom stereocenters. The lowest BCUT2D eigenvalue weighted by molar-refractivity contribution is 0.0642. The Labute approximate surface area is 132 Å². The summed E-state index contributed by atoms with van der Waals surface area (Å²) in [6.45, 7) is 0.284. The largest absolute Gasteiger partial charge is 0.270 e. The third-order valence-electron chi connectivity index (χ3n) is 3.21. The zero-order valence-corrected chi connectivity index (χ0v) is 13.4. The van der Waals surface area contributed by atoms with Gasteiger partial charge in [0.25, 0.3) is 11.8 Å². The Morgan fingerprint density at radius 2 is 1.30 bits per heavy atom. The van der Waals surface area contributed by atoms with Crippen molar-refractivity contribution in [2.45, 2.75) is 6.54 Å². The number of imide groups is 1. The lowest BCUT2D eigenvalue weighted by Crippen LogP contribution is -2.29. The van der Waals surface area contributed by atoms with Crippen LogP contribution >= 0.6 is 31.9 Å². The van der Waals surface area contributed by atoms with Crippen molar-refractivity contribution in [1.29, 1.82) is 0 Å². The molecule has 0 aromatic heterocycles. The molecular weight excluding hydrogens is 386 g/mol. The lowest BCUT2D eigenvalue weighted by Gasteiger charge is -2.13. The summed E-state index contributed by atoms with van der Waals surface area (Å²) in [6.07, 6.45) is 0. The van der Waals surface area contributed by atoms with Gasteiger partial charge in [0, 0.05) is 8.95 Å². The van der Waals surface area contributed by atoms with Crippen LogP contribution in [0.25, 0.3) is 0 Å². The summed E-state index contributed by atoms with van der Waals surface area (Å²) in [5.74, 6) is -0.524. The summed E-state index contributed by atoms with van der Waals surface area (Å²) >= 11 is 6.68. The number of benzene rings is 2. The average molecular weight is 395 g/mol. The van der Waals surface area contributed by atoms with E-state index in [4.69, 9.17) is 0 Å². The van der Waals surface area contributed by atoms with E-state index in [-0.39, 0.29) is 18.4 Å². The van der Waals surface area contributed by atoms with Crippen molar-refractivity contribution >= 4 is 43.7 Å². The molecule has 0 unspecified atom stereocenters. The van der Waals surface area contributed by atoms with Crippen LogP contribution in [-0.4, -0.2) is 16.7 Å². The number of rotatable bonds is 2. The van der Waals surface area contributed by atoms with Gasteiger partial charge in [0.15, 0.2) is 0 Å². The molecule has 1 heterocycles. The molecule has 2 aromatic rings. The smallest absolute Gasteiger partial charge is 0.263 e. The van der Waals surface area contributed by atoms with Gasteiger partial charge >= 0.3 is 0 Å². The first kappa shape index (κ1) is 13.5. The summed E-state index contributed by atoms with van der Waals surface area (Å²) < 4.78 is 1.29. The highest BCUT2D eigenvalue weighted by molar-refractivity contribution is 9.11. The highest BCUT2D eigenvalue weighted by Gasteiger charge is 2.38. The van der Waals surface area contributed by atoms with Gasteiger partial charge in [0.2, 0.25) is 0 Å². The van der Waals surface area contributed by atoms with Crippen LogP contribution in [0.4, 0.5) is 0 Å². The Kier molecular flexibility index (Phi) is 3.48. The maximum Gasteiger partial charge on any atom is 0.263 e. The van der Waals surface area contributed by atoms with Crippen molar-refractivity contribution in [1.82, 2.24) is 4.90 Å². The van der Waals surface area contributed by atoms with E-state index in [9.17, 15) is 9.59 Å². The van der Waals surface area contributed by atoms with Gasteiger partial charge in [-0.05, 0) is 49.6 Å². The van der Waals surface area contributed by atoms with Gasteiger partial charge in [-0.15, -0.1) is 0 Å². The first-order chi connectivity index (χ1) is 9.59. The molecule has 0 spiro atoms. The molecule has 0 saturated heterocycles. The Bertz CT molecular complexity index is 672. The van der Waals surface area contributed by atoms with Gasteiger partial charge in [-0.2, -0.15) is 0 Å². The van der Waals surface area contributed by atoms with E-state index in [2.05, 4.69) is 31.9 Å². The van der Waals surface area contributed by atoms with Gasteiger partial charge in [-0.3, -0.25) is 14.5 Å². The Balaban J connectivity index is 2.02. The normalized spacial score (nSPS) is 13.8. The number of hydrogen-bond acceptors (Lipinski definition) is 2. The molecule has 0 aliphatic carbocycles. The molecule has 1 aliphatic heterocycles. The van der Waals surface area contributed by atoms with E-state index >= 15 is 0 Å². The lowest BCUT2D eigenvalue weighted by atomic mass is 10.1. The van der Waals surface area contributed by atoms with E-state index < -0.39 is 0 Å². The topological polar surface area (TPSA) is 37.4 Å². The molecule has 0 fully saturated rings. The fourth-order valence-corrected chi connectivity index (χ4v) is 3.24. The monoisotopic (exact) mass is 393 g/mol. The zero-order valence-electron chi connectivity index (χ0n) is 10.3. The van der Waals surface area contributed by atoms with Crippen molar-refractivity contribution in [3.05, 3.63) is 68.1 Å². The number of amides is 2. The summed E-state index contributed by atoms with van der Waals surface area (Å²) in [5, 5.41) is 0. The zero-order chi connectivity index (χ0) is 14.3. The third-order valence-corrected chi connectivity index (χ3v) is 4.53. The quantitative estimate of drug-likeness (QED) is 0.721. The van der Waals surface area contributed by atoms with Crippen LogP contribution in [0.3, 0.4) is 0 Å². The van der Waals surface area contributed by atoms with Crippen LogP contribution in [0, 0.1) is 0 Å². The number of hydrogen-bond donors (Lipinski definition) is 0. The van der Waals surface area contributed by atoms with Crippen molar-refractivity contribution in [2.75, 3.05) is 0 Å². The predicted molar refractivity (Wildman–Crippen MR) is 82.5 cm³/mol. The Morgan fingerprint density at radius 1 is 0.800 bits per heavy atom. The fraction of sp³-hybridized carbons (Fsp3) is 0.0667. The second kappa shape index (κ2) is 5.14. The van der Waals surface area contributed by atoms with Gasteiger partial charge < -0.3 is 0 Å². The number of carbonyl (C=O) groups excluding carboxylic acids is 2. The molecule has 0 radical (unpaired) electrons. The van der Waals surface area contributed by atoms with Crippen molar-refractivity contribution in [3.8, 4) is 0 Å². The minimum absolute atomic E-state index is 0.262. The minimum atomic E-state index is -0.262. The molecule has 5 heteroatoms. The maximum atomic E-state index is 12.4. The molecule has 3 rings (SSSR count). The van der Waals surface area contributed by atoms with Crippen molar-refractivity contribution < 1.29 is 9.59 Å². The Hall–Kier alpha value is -1.46. The molecule has 2 aromatic carbocycles. The molecule has 0 saturated carbocycles. The third kappa shape index (κ3) is 2.11. The standard InChI is InChI=1S/C15H9Br2NO2/c16-10-6-7-11(17)13-12(10)14(19)18(15(13)20)8-9-4-2-1-3-5-9/h1-7H,8H2. The molecule has 1 aliphatic rings. The number of carbonyl (C=O) groups is 2. The van der Waals surface area contributed by atoms with Crippen LogP contribution in [-0.2, 0) is 6.54 Å². The minimum Gasteiger partial charge on any atom is -0.270 e. The van der Waals surface area contributed by atoms with E-state index in [0.29, 0.717) is 20.1 Å². The van der Waals surface area contributed by atoms with Crippen molar-refractivity contribution in [3.63, 3.8) is 0 Å². The second-order valence-electron chi connectivity index (χ2n) is 4.46. The first-order valence-corrected chi connectivity index (χ1v) is 7.56. The van der Waals surface area contributed by atoms with Crippen molar-refractivity contribution in [2.24, 2.45) is 0 Å². The van der Waals surface area contributed by atoms with Crippen LogP contribution < -0.4 is 0 Å². The molecular formula is C15H9Br2NO2. The summed E-state index contributed by atoms with van der Waals surface area (Å²) in [7, 11) is 0. The van der Waals surface area contributed by atoms with Crippen LogP contribution in [0.5, 0.6) is 0 Å². The molecule has 3 nitrogen and oxygen atoms in total. The maximum absolute atomic E-state index is 12.4. The van der Waals surface area contributed by atoms with Crippen LogP contribution in [0.15, 0.2) is 51.4 Å². The second-order valence-corrected chi connectivity index (χ2v) is 6.17. The van der Waals surface area contributed by atoms with Gasteiger partial charge in [-0.25, -0.2) is 0 Å². The summed E-state index contributed by atoms with van der Waals surface area (Å²) in [5.41, 5.74) is 1.79. The summed E-state index contributed by atoms with van der Waals surface area (Å²) in [6, 6.07) is 13.0. The Morgan fingerprint density at radius 3 is 1.80 bits per heavy atom. The summed E-state index contributed by atoms with van der Waals surface area (Å²) in [4.78, 5) is 26.2. The van der Waals surface area contributed by atoms with E-state index in [0.717, 1.165) is 5.56 Å². The van der Waals surface area contributed by atoms with Gasteiger partial charge in [0.1, 0.15) is 0 Å². The molecule has 20 heavy (non-hydrogen) atoms. The molecule has 0 N–H and O–H groups in total. The first-order valence-electron chi connectivity index (χ1n) is 5.97. The highest BCUT2D eigenvalue weighted by atomic mass is 79.9. The predicted octanol–water partition coefficient (Wildman–Crippen LogP) is 4.01. The van der Waals surface area contributed by atoms with Crippen LogP contribution in [0.2, 0.25) is 0 Å². The fourth-order valence-electron chi connectivity index (χ4n) is 2.24. The van der Waals surface area contributed by atoms with E-state index in [1.807, 2.05) is 30.3 Å².